The highest BCUT2D eigenvalue weighted by Crippen LogP contribution is 2.26. The predicted molar refractivity (Wildman–Crippen MR) is 132 cm³/mol. The third kappa shape index (κ3) is 4.41. The number of ether oxygens (including phenoxy) is 2. The molecule has 3 aromatic carbocycles. The monoisotopic (exact) mass is 455 g/mol. The number of hydrogen-bond acceptors (Lipinski definition) is 5. The Morgan fingerprint density at radius 2 is 1.62 bits per heavy atom. The molecule has 0 bridgehead atoms. The molecule has 0 aliphatic rings. The molecular weight excluding hydrogens is 430 g/mol. The summed E-state index contributed by atoms with van der Waals surface area (Å²) in [7, 11) is 2.90. The van der Waals surface area contributed by atoms with Crippen LogP contribution in [0.1, 0.15) is 37.7 Å². The van der Waals surface area contributed by atoms with Gasteiger partial charge in [0.2, 0.25) is 0 Å². The van der Waals surface area contributed by atoms with Crippen LogP contribution in [0.25, 0.3) is 16.5 Å². The lowest BCUT2D eigenvalue weighted by Gasteiger charge is -2.10. The molecule has 7 nitrogen and oxygen atoms in total. The summed E-state index contributed by atoms with van der Waals surface area (Å²) >= 11 is 0. The average molecular weight is 456 g/mol. The van der Waals surface area contributed by atoms with Crippen molar-refractivity contribution in [3.05, 3.63) is 94.8 Å². The highest BCUT2D eigenvalue weighted by Gasteiger charge is 2.14. The van der Waals surface area contributed by atoms with E-state index in [1.165, 1.54) is 14.2 Å². The van der Waals surface area contributed by atoms with Crippen molar-refractivity contribution in [1.82, 2.24) is 9.99 Å². The first kappa shape index (κ1) is 22.8. The molecule has 0 spiro atoms. The summed E-state index contributed by atoms with van der Waals surface area (Å²) in [5.74, 6) is -0.245. The van der Waals surface area contributed by atoms with Crippen LogP contribution >= 0.6 is 0 Å². The molecule has 4 aromatic rings. The number of aryl methyl sites for hydroxylation is 1. The van der Waals surface area contributed by atoms with Gasteiger partial charge >= 0.3 is 5.97 Å². The van der Waals surface area contributed by atoms with Gasteiger partial charge in [0.15, 0.2) is 0 Å². The van der Waals surface area contributed by atoms with E-state index in [4.69, 9.17) is 9.47 Å². The van der Waals surface area contributed by atoms with Crippen molar-refractivity contribution in [2.75, 3.05) is 14.2 Å². The normalized spacial score (nSPS) is 11.1. The number of rotatable bonds is 6. The van der Waals surface area contributed by atoms with E-state index in [9.17, 15) is 9.59 Å². The van der Waals surface area contributed by atoms with Crippen LogP contribution in [0.3, 0.4) is 0 Å². The first-order valence-electron chi connectivity index (χ1n) is 10.7. The number of hydrogen-bond donors (Lipinski definition) is 1. The van der Waals surface area contributed by atoms with E-state index in [0.29, 0.717) is 16.9 Å². The third-order valence-corrected chi connectivity index (χ3v) is 5.70. The van der Waals surface area contributed by atoms with Crippen molar-refractivity contribution in [3.8, 4) is 11.4 Å². The van der Waals surface area contributed by atoms with Crippen LogP contribution in [0.4, 0.5) is 0 Å². The summed E-state index contributed by atoms with van der Waals surface area (Å²) in [6.07, 6.45) is 1.62. The molecule has 7 heteroatoms. The van der Waals surface area contributed by atoms with E-state index in [1.807, 2.05) is 62.4 Å². The minimum Gasteiger partial charge on any atom is -0.496 e. The van der Waals surface area contributed by atoms with Crippen LogP contribution in [-0.4, -0.2) is 36.9 Å². The van der Waals surface area contributed by atoms with Crippen molar-refractivity contribution in [2.24, 2.45) is 5.10 Å². The van der Waals surface area contributed by atoms with Crippen LogP contribution < -0.4 is 10.2 Å². The maximum atomic E-state index is 12.8. The Morgan fingerprint density at radius 3 is 2.26 bits per heavy atom. The molecule has 1 aromatic heterocycles. The van der Waals surface area contributed by atoms with Gasteiger partial charge in [-0.2, -0.15) is 5.10 Å². The molecule has 0 fully saturated rings. The van der Waals surface area contributed by atoms with Gasteiger partial charge in [-0.3, -0.25) is 4.79 Å². The zero-order valence-electron chi connectivity index (χ0n) is 19.5. The summed E-state index contributed by atoms with van der Waals surface area (Å²) in [5, 5.41) is 6.11. The molecule has 4 rings (SSSR count). The number of aromatic nitrogens is 1. The Hall–Kier alpha value is -4.39. The van der Waals surface area contributed by atoms with Gasteiger partial charge in [0.05, 0.1) is 31.6 Å². The number of amides is 1. The van der Waals surface area contributed by atoms with Gasteiger partial charge in [0.1, 0.15) is 5.75 Å². The number of nitrogens with zero attached hydrogens (tertiary/aromatic N) is 2. The number of methoxy groups -OCH3 is 2. The Balaban J connectivity index is 1.54. The highest BCUT2D eigenvalue weighted by atomic mass is 16.5. The number of carbonyl (C=O) groups excluding carboxylic acids is 2. The first-order valence-corrected chi connectivity index (χ1v) is 10.7. The van der Waals surface area contributed by atoms with E-state index in [0.717, 1.165) is 33.4 Å². The molecule has 1 amide bonds. The van der Waals surface area contributed by atoms with Crippen LogP contribution in [0.5, 0.6) is 5.75 Å². The van der Waals surface area contributed by atoms with Crippen molar-refractivity contribution in [1.29, 1.82) is 0 Å². The standard InChI is InChI=1S/C27H25N3O4/c1-17-13-22(18(2)30(17)23-11-9-19(10-12-23)27(32)34-4)16-28-29-26(31)24-14-20-7-5-6-8-21(20)15-25(24)33-3/h5-16H,1-4H3,(H,29,31)/b28-16-. The van der Waals surface area contributed by atoms with Gasteiger partial charge in [-0.25, -0.2) is 10.2 Å². The summed E-state index contributed by atoms with van der Waals surface area (Å²) < 4.78 is 12.2. The smallest absolute Gasteiger partial charge is 0.337 e. The first-order chi connectivity index (χ1) is 16.4. The topological polar surface area (TPSA) is 81.9 Å². The fourth-order valence-corrected chi connectivity index (χ4v) is 3.97. The maximum Gasteiger partial charge on any atom is 0.337 e. The van der Waals surface area contributed by atoms with Gasteiger partial charge in [0, 0.05) is 22.6 Å². The van der Waals surface area contributed by atoms with Gasteiger partial charge in [0.25, 0.3) is 5.91 Å². The molecule has 1 heterocycles. The Bertz CT molecular complexity index is 1400. The minimum absolute atomic E-state index is 0.356. The van der Waals surface area contributed by atoms with E-state index in [-0.39, 0.29) is 11.9 Å². The molecule has 0 aliphatic carbocycles. The number of esters is 1. The van der Waals surface area contributed by atoms with Crippen molar-refractivity contribution < 1.29 is 19.1 Å². The second kappa shape index (κ2) is 9.62. The van der Waals surface area contributed by atoms with Crippen LogP contribution in [-0.2, 0) is 4.74 Å². The molecule has 0 atom stereocenters. The van der Waals surface area contributed by atoms with E-state index >= 15 is 0 Å². The second-order valence-corrected chi connectivity index (χ2v) is 7.80. The molecule has 0 saturated carbocycles. The molecular formula is C27H25N3O4. The number of hydrazone groups is 1. The SMILES string of the molecule is COC(=O)c1ccc(-n2c(C)cc(/C=N\NC(=O)c3cc4ccccc4cc3OC)c2C)cc1. The highest BCUT2D eigenvalue weighted by molar-refractivity contribution is 6.02. The maximum absolute atomic E-state index is 12.8. The number of benzene rings is 3. The fraction of sp³-hybridized carbons (Fsp3) is 0.148. The van der Waals surface area contributed by atoms with Gasteiger partial charge in [-0.1, -0.05) is 24.3 Å². The molecule has 0 unspecified atom stereocenters. The van der Waals surface area contributed by atoms with Crippen molar-refractivity contribution >= 4 is 28.9 Å². The zero-order valence-corrected chi connectivity index (χ0v) is 19.5. The van der Waals surface area contributed by atoms with E-state index in [1.54, 1.807) is 24.4 Å². The Morgan fingerprint density at radius 1 is 0.941 bits per heavy atom. The van der Waals surface area contributed by atoms with Crippen LogP contribution in [0.2, 0.25) is 0 Å². The lowest BCUT2D eigenvalue weighted by molar-refractivity contribution is 0.0600. The zero-order chi connectivity index (χ0) is 24.2. The van der Waals surface area contributed by atoms with Crippen LogP contribution in [0.15, 0.2) is 71.8 Å². The van der Waals surface area contributed by atoms with Crippen molar-refractivity contribution in [2.45, 2.75) is 13.8 Å². The van der Waals surface area contributed by atoms with Gasteiger partial charge < -0.3 is 14.0 Å². The average Bonchev–Trinajstić information content (AvgIpc) is 3.15. The summed E-state index contributed by atoms with van der Waals surface area (Å²) in [6, 6.07) is 20.6. The molecule has 1 N–H and O–H groups in total. The third-order valence-electron chi connectivity index (χ3n) is 5.70. The minimum atomic E-state index is -0.376. The quantitative estimate of drug-likeness (QED) is 0.257. The van der Waals surface area contributed by atoms with E-state index in [2.05, 4.69) is 15.1 Å². The van der Waals surface area contributed by atoms with Gasteiger partial charge in [-0.05, 0) is 67.1 Å². The fourth-order valence-electron chi connectivity index (χ4n) is 3.97. The molecule has 0 radical (unpaired) electrons. The summed E-state index contributed by atoms with van der Waals surface area (Å²) in [4.78, 5) is 24.5. The van der Waals surface area contributed by atoms with Gasteiger partial charge in [-0.15, -0.1) is 0 Å². The molecule has 0 aliphatic heterocycles. The summed E-state index contributed by atoms with van der Waals surface area (Å²) in [5.41, 5.74) is 7.21. The Kier molecular flexibility index (Phi) is 6.45. The largest absolute Gasteiger partial charge is 0.496 e. The lowest BCUT2D eigenvalue weighted by Crippen LogP contribution is -2.18. The molecule has 172 valence electrons. The molecule has 0 saturated heterocycles. The predicted octanol–water partition coefficient (Wildman–Crippen LogP) is 4.81. The lowest BCUT2D eigenvalue weighted by atomic mass is 10.1. The number of nitrogens with one attached hydrogen (secondary N) is 1. The number of carbonyl (C=O) groups is 2. The number of fused-ring (bicyclic) bond motifs is 1. The van der Waals surface area contributed by atoms with Crippen LogP contribution in [0, 0.1) is 13.8 Å². The van der Waals surface area contributed by atoms with Crippen molar-refractivity contribution in [3.63, 3.8) is 0 Å². The second-order valence-electron chi connectivity index (χ2n) is 7.80. The van der Waals surface area contributed by atoms with E-state index < -0.39 is 0 Å². The summed E-state index contributed by atoms with van der Waals surface area (Å²) in [6.45, 7) is 3.95. The molecule has 34 heavy (non-hydrogen) atoms. The Labute approximate surface area is 197 Å².